The molecule has 7 heteroatoms. The Kier molecular flexibility index (Phi) is 10.4. The van der Waals surface area contributed by atoms with Crippen LogP contribution in [0.2, 0.25) is 0 Å². The number of methoxy groups -OCH3 is 1. The van der Waals surface area contributed by atoms with Gasteiger partial charge in [-0.25, -0.2) is 0 Å². The van der Waals surface area contributed by atoms with Crippen molar-refractivity contribution in [1.82, 2.24) is 0 Å². The highest BCUT2D eigenvalue weighted by atomic mass is 16.5. The second kappa shape index (κ2) is 13.3. The molecule has 33 heavy (non-hydrogen) atoms. The number of ketones is 1. The first-order valence-electron chi connectivity index (χ1n) is 11.3. The summed E-state index contributed by atoms with van der Waals surface area (Å²) in [5.41, 5.74) is 0.969. The quantitative estimate of drug-likeness (QED) is 0.270. The van der Waals surface area contributed by atoms with Crippen molar-refractivity contribution in [2.75, 3.05) is 40.1 Å². The first kappa shape index (κ1) is 25.9. The van der Waals surface area contributed by atoms with E-state index in [4.69, 9.17) is 28.4 Å². The average Bonchev–Trinajstić information content (AvgIpc) is 2.81. The van der Waals surface area contributed by atoms with Gasteiger partial charge in [-0.3, -0.25) is 4.79 Å². The lowest BCUT2D eigenvalue weighted by Gasteiger charge is -2.17. The molecule has 0 aliphatic rings. The number of benzene rings is 2. The largest absolute Gasteiger partial charge is 0.494 e. The maximum atomic E-state index is 13.4. The maximum Gasteiger partial charge on any atom is 0.193 e. The van der Waals surface area contributed by atoms with Crippen molar-refractivity contribution in [3.8, 4) is 34.5 Å². The molecule has 0 aromatic heterocycles. The molecular weight excluding hydrogens is 424 g/mol. The lowest BCUT2D eigenvalue weighted by atomic mass is 10.0. The molecule has 180 valence electrons. The van der Waals surface area contributed by atoms with Gasteiger partial charge in [-0.05, 0) is 65.0 Å². The molecule has 0 heterocycles. The fraction of sp³-hybridized carbons (Fsp3) is 0.423. The van der Waals surface area contributed by atoms with Crippen molar-refractivity contribution in [1.29, 1.82) is 0 Å². The summed E-state index contributed by atoms with van der Waals surface area (Å²) in [5, 5.41) is 0. The van der Waals surface area contributed by atoms with Crippen LogP contribution < -0.4 is 28.4 Å². The smallest absolute Gasteiger partial charge is 0.193 e. The average molecular weight is 459 g/mol. The summed E-state index contributed by atoms with van der Waals surface area (Å²) >= 11 is 0. The molecule has 0 spiro atoms. The molecule has 0 amide bonds. The predicted molar refractivity (Wildman–Crippen MR) is 129 cm³/mol. The Balaban J connectivity index is 2.57. The number of carbonyl (C=O) groups is 1. The van der Waals surface area contributed by atoms with Gasteiger partial charge >= 0.3 is 0 Å². The molecule has 7 nitrogen and oxygen atoms in total. The van der Waals surface area contributed by atoms with Crippen LogP contribution >= 0.6 is 0 Å². The highest BCUT2D eigenvalue weighted by Gasteiger charge is 2.22. The fourth-order valence-electron chi connectivity index (χ4n) is 3.28. The van der Waals surface area contributed by atoms with Crippen LogP contribution in [0.1, 0.15) is 50.5 Å². The minimum Gasteiger partial charge on any atom is -0.494 e. The van der Waals surface area contributed by atoms with Gasteiger partial charge in [0.05, 0.1) is 40.1 Å². The first-order chi connectivity index (χ1) is 16.0. The number of rotatable bonds is 14. The van der Waals surface area contributed by atoms with Gasteiger partial charge < -0.3 is 28.4 Å². The number of hydrogen-bond acceptors (Lipinski definition) is 7. The predicted octanol–water partition coefficient (Wildman–Crippen LogP) is 5.58. The third-order valence-electron chi connectivity index (χ3n) is 4.51. The van der Waals surface area contributed by atoms with Gasteiger partial charge in [0.1, 0.15) is 17.1 Å². The van der Waals surface area contributed by atoms with Crippen LogP contribution in [0, 0.1) is 0 Å². The number of allylic oxidation sites excluding steroid dienone is 1. The van der Waals surface area contributed by atoms with Crippen molar-refractivity contribution >= 4 is 11.9 Å². The van der Waals surface area contributed by atoms with Gasteiger partial charge in [-0.2, -0.15) is 0 Å². The van der Waals surface area contributed by atoms with Gasteiger partial charge in [-0.1, -0.05) is 0 Å². The van der Waals surface area contributed by atoms with Crippen LogP contribution in [0.25, 0.3) is 6.08 Å². The third kappa shape index (κ3) is 6.57. The third-order valence-corrected chi connectivity index (χ3v) is 4.51. The van der Waals surface area contributed by atoms with Crippen LogP contribution in [0.3, 0.4) is 0 Å². The zero-order chi connectivity index (χ0) is 24.2. The molecule has 0 bridgehead atoms. The highest BCUT2D eigenvalue weighted by Crippen LogP contribution is 2.40. The van der Waals surface area contributed by atoms with Gasteiger partial charge in [0.2, 0.25) is 0 Å². The van der Waals surface area contributed by atoms with E-state index in [0.717, 1.165) is 0 Å². The van der Waals surface area contributed by atoms with Crippen molar-refractivity contribution < 1.29 is 33.2 Å². The molecule has 0 aliphatic carbocycles. The van der Waals surface area contributed by atoms with Crippen LogP contribution in [-0.2, 0) is 0 Å². The summed E-state index contributed by atoms with van der Waals surface area (Å²) in [4.78, 5) is 13.4. The summed E-state index contributed by atoms with van der Waals surface area (Å²) in [7, 11) is 1.56. The first-order valence-corrected chi connectivity index (χ1v) is 11.3. The molecule has 0 atom stereocenters. The molecule has 0 radical (unpaired) electrons. The summed E-state index contributed by atoms with van der Waals surface area (Å²) < 4.78 is 34.1. The van der Waals surface area contributed by atoms with Crippen molar-refractivity contribution in [2.45, 2.75) is 34.6 Å². The SMILES string of the molecule is CCOc1cc(/C=C\C(=O)c2c(OCC)ccc(OCC)c2OCC)c(OCC)c(OC)c1. The molecule has 2 rings (SSSR count). The topological polar surface area (TPSA) is 72.5 Å². The zero-order valence-electron chi connectivity index (χ0n) is 20.4. The summed E-state index contributed by atoms with van der Waals surface area (Å²) in [6.07, 6.45) is 3.14. The van der Waals surface area contributed by atoms with E-state index < -0.39 is 0 Å². The van der Waals surface area contributed by atoms with E-state index in [0.29, 0.717) is 78.7 Å². The van der Waals surface area contributed by atoms with Crippen molar-refractivity contribution in [3.63, 3.8) is 0 Å². The Hall–Kier alpha value is -3.35. The minimum absolute atomic E-state index is 0.285. The molecule has 2 aromatic rings. The highest BCUT2D eigenvalue weighted by molar-refractivity contribution is 6.11. The fourth-order valence-corrected chi connectivity index (χ4v) is 3.28. The van der Waals surface area contributed by atoms with Crippen LogP contribution in [0.15, 0.2) is 30.3 Å². The number of hydrogen-bond donors (Lipinski definition) is 0. The van der Waals surface area contributed by atoms with Gasteiger partial charge in [-0.15, -0.1) is 0 Å². The Morgan fingerprint density at radius 3 is 1.91 bits per heavy atom. The molecule has 0 saturated heterocycles. The lowest BCUT2D eigenvalue weighted by Crippen LogP contribution is -2.08. The Labute approximate surface area is 196 Å². The number of ether oxygens (including phenoxy) is 6. The van der Waals surface area contributed by atoms with Crippen LogP contribution in [0.5, 0.6) is 34.5 Å². The summed E-state index contributed by atoms with van der Waals surface area (Å²) in [5.74, 6) is 2.69. The standard InChI is InChI=1S/C26H34O7/c1-7-29-19-16-18(25(32-10-4)23(17-19)28-6)12-13-20(27)24-21(30-8-2)14-15-22(31-9-3)26(24)33-11-5/h12-17H,7-11H2,1-6H3/b13-12-. The minimum atomic E-state index is -0.285. The summed E-state index contributed by atoms with van der Waals surface area (Å²) in [6, 6.07) is 7.05. The summed E-state index contributed by atoms with van der Waals surface area (Å²) in [6.45, 7) is 11.5. The second-order valence-corrected chi connectivity index (χ2v) is 6.67. The van der Waals surface area contributed by atoms with E-state index in [2.05, 4.69) is 0 Å². The maximum absolute atomic E-state index is 13.4. The van der Waals surface area contributed by atoms with E-state index in [1.807, 2.05) is 40.7 Å². The Morgan fingerprint density at radius 1 is 0.727 bits per heavy atom. The molecule has 0 unspecified atom stereocenters. The zero-order valence-corrected chi connectivity index (χ0v) is 20.4. The van der Waals surface area contributed by atoms with Gasteiger partial charge in [0.25, 0.3) is 0 Å². The monoisotopic (exact) mass is 458 g/mol. The molecule has 0 saturated carbocycles. The van der Waals surface area contributed by atoms with E-state index in [-0.39, 0.29) is 5.78 Å². The van der Waals surface area contributed by atoms with E-state index in [9.17, 15) is 4.79 Å². The molecule has 0 aliphatic heterocycles. The molecular formula is C26H34O7. The molecule has 0 N–H and O–H groups in total. The van der Waals surface area contributed by atoms with E-state index in [1.165, 1.54) is 6.08 Å². The normalized spacial score (nSPS) is 10.7. The van der Waals surface area contributed by atoms with Gasteiger partial charge in [0, 0.05) is 11.6 Å². The molecule has 0 fully saturated rings. The van der Waals surface area contributed by atoms with Gasteiger partial charge in [0.15, 0.2) is 28.8 Å². The molecule has 2 aromatic carbocycles. The number of carbonyl (C=O) groups excluding carboxylic acids is 1. The van der Waals surface area contributed by atoms with E-state index >= 15 is 0 Å². The van der Waals surface area contributed by atoms with Crippen molar-refractivity contribution in [3.05, 3.63) is 41.5 Å². The second-order valence-electron chi connectivity index (χ2n) is 6.67. The Bertz CT molecular complexity index is 950. The van der Waals surface area contributed by atoms with Crippen LogP contribution in [0.4, 0.5) is 0 Å². The Morgan fingerprint density at radius 2 is 1.30 bits per heavy atom. The lowest BCUT2D eigenvalue weighted by molar-refractivity contribution is 0.103. The van der Waals surface area contributed by atoms with E-state index in [1.54, 1.807) is 31.4 Å². The van der Waals surface area contributed by atoms with Crippen LogP contribution in [-0.4, -0.2) is 45.9 Å². The van der Waals surface area contributed by atoms with Crippen molar-refractivity contribution in [2.24, 2.45) is 0 Å².